The van der Waals surface area contributed by atoms with Crippen LogP contribution in [-0.2, 0) is 42.2 Å². The molecule has 0 amide bonds. The Balaban J connectivity index is 4.63. The average Bonchev–Trinajstić information content (AvgIpc) is 3.47. The maximum Gasteiger partial charge on any atom is 0.472 e. The van der Waals surface area contributed by atoms with Gasteiger partial charge in [0.1, 0.15) is 12.7 Å². The van der Waals surface area contributed by atoms with Crippen LogP contribution in [0.4, 0.5) is 0 Å². The van der Waals surface area contributed by atoms with Crippen LogP contribution < -0.4 is 0 Å². The quantitative estimate of drug-likeness (QED) is 0.0197. The molecule has 0 bridgehead atoms. The SMILES string of the molecule is CCCCCCCC/C=C\CCCCCCCCCCCC(=O)OCC(COP(=O)(O)OCC(CO)OC(=O)CCCCCCCCC/C=C\CCCCCCCC)OC(=O)CCCCCCCCCCCCCCCCCCCCC. The Morgan fingerprint density at radius 1 is 0.329 bits per heavy atom. The fraction of sp³-hybridized carbons (Fsp3) is 0.900. The molecule has 0 rings (SSSR count). The number of aliphatic hydroxyl groups is 1. The van der Waals surface area contributed by atoms with Gasteiger partial charge in [0.15, 0.2) is 6.10 Å². The predicted octanol–water partition coefficient (Wildman–Crippen LogP) is 21.7. The normalized spacial score (nSPS) is 13.3. The third-order valence-corrected chi connectivity index (χ3v) is 16.8. The number of phosphoric ester groups is 1. The fourth-order valence-electron chi connectivity index (χ4n) is 10.5. The van der Waals surface area contributed by atoms with Gasteiger partial charge in [0.05, 0.1) is 19.8 Å². The molecule has 0 aromatic carbocycles. The molecule has 0 aromatic heterocycles. The Kier molecular flexibility index (Phi) is 63.3. The monoisotopic (exact) mass is 1180 g/mol. The summed E-state index contributed by atoms with van der Waals surface area (Å²) in [5.74, 6) is -1.43. The minimum atomic E-state index is -4.75. The van der Waals surface area contributed by atoms with E-state index in [9.17, 15) is 28.9 Å². The first-order valence-electron chi connectivity index (χ1n) is 35.2. The summed E-state index contributed by atoms with van der Waals surface area (Å²) in [6.07, 6.45) is 69.8. The molecule has 0 aliphatic carbocycles. The Morgan fingerprint density at radius 2 is 0.561 bits per heavy atom. The molecule has 12 heteroatoms. The van der Waals surface area contributed by atoms with E-state index in [1.807, 2.05) is 0 Å². The highest BCUT2D eigenvalue weighted by Gasteiger charge is 2.28. The van der Waals surface area contributed by atoms with Crippen LogP contribution >= 0.6 is 7.82 Å². The van der Waals surface area contributed by atoms with E-state index in [-0.39, 0.29) is 25.9 Å². The summed E-state index contributed by atoms with van der Waals surface area (Å²) in [5, 5.41) is 9.88. The van der Waals surface area contributed by atoms with Crippen LogP contribution in [0.1, 0.15) is 367 Å². The van der Waals surface area contributed by atoms with Crippen molar-refractivity contribution < 1.29 is 52.2 Å². The number of esters is 3. The van der Waals surface area contributed by atoms with Gasteiger partial charge in [0, 0.05) is 19.3 Å². The van der Waals surface area contributed by atoms with Gasteiger partial charge in [-0.15, -0.1) is 0 Å². The van der Waals surface area contributed by atoms with Gasteiger partial charge in [0.25, 0.3) is 0 Å². The topological polar surface area (TPSA) is 155 Å². The molecule has 82 heavy (non-hydrogen) atoms. The summed E-state index contributed by atoms with van der Waals surface area (Å²) in [6.45, 7) is 4.74. The van der Waals surface area contributed by atoms with E-state index in [1.165, 1.54) is 244 Å². The maximum absolute atomic E-state index is 13.0. The first-order valence-corrected chi connectivity index (χ1v) is 36.7. The van der Waals surface area contributed by atoms with E-state index in [4.69, 9.17) is 23.3 Å². The van der Waals surface area contributed by atoms with Crippen LogP contribution in [0.25, 0.3) is 0 Å². The summed E-state index contributed by atoms with van der Waals surface area (Å²) in [6, 6.07) is 0. The molecule has 2 N–H and O–H groups in total. The zero-order chi connectivity index (χ0) is 59.8. The zero-order valence-electron chi connectivity index (χ0n) is 54.0. The summed E-state index contributed by atoms with van der Waals surface area (Å²) < 4.78 is 39.8. The minimum absolute atomic E-state index is 0.175. The highest BCUT2D eigenvalue weighted by molar-refractivity contribution is 7.47. The van der Waals surface area contributed by atoms with E-state index in [2.05, 4.69) is 45.1 Å². The molecule has 11 nitrogen and oxygen atoms in total. The minimum Gasteiger partial charge on any atom is -0.462 e. The van der Waals surface area contributed by atoms with E-state index in [0.717, 1.165) is 64.2 Å². The molecule has 0 fully saturated rings. The van der Waals surface area contributed by atoms with Gasteiger partial charge in [-0.25, -0.2) is 4.57 Å². The number of ether oxygens (including phenoxy) is 3. The Morgan fingerprint density at radius 3 is 0.841 bits per heavy atom. The molecule has 0 saturated carbocycles. The molecule has 3 unspecified atom stereocenters. The van der Waals surface area contributed by atoms with Gasteiger partial charge in [-0.3, -0.25) is 23.4 Å². The number of carbonyl (C=O) groups excluding carboxylic acids is 3. The second-order valence-electron chi connectivity index (χ2n) is 24.1. The zero-order valence-corrected chi connectivity index (χ0v) is 54.9. The number of hydrogen-bond donors (Lipinski definition) is 2. The van der Waals surface area contributed by atoms with Crippen LogP contribution in [-0.4, -0.2) is 66.5 Å². The molecule has 0 spiro atoms. The lowest BCUT2D eigenvalue weighted by Gasteiger charge is -2.21. The van der Waals surface area contributed by atoms with Gasteiger partial charge in [-0.2, -0.15) is 0 Å². The van der Waals surface area contributed by atoms with Crippen LogP contribution in [0, 0.1) is 0 Å². The van der Waals surface area contributed by atoms with Crippen molar-refractivity contribution in [1.29, 1.82) is 0 Å². The second-order valence-corrected chi connectivity index (χ2v) is 25.5. The van der Waals surface area contributed by atoms with Crippen LogP contribution in [0.5, 0.6) is 0 Å². The van der Waals surface area contributed by atoms with Gasteiger partial charge in [-0.05, 0) is 70.6 Å². The molecule has 0 radical (unpaired) electrons. The smallest absolute Gasteiger partial charge is 0.462 e. The molecule has 0 aliphatic heterocycles. The first kappa shape index (κ1) is 80.0. The molecular weight excluding hydrogens is 1050 g/mol. The van der Waals surface area contributed by atoms with Crippen LogP contribution in [0.15, 0.2) is 24.3 Å². The van der Waals surface area contributed by atoms with E-state index in [1.54, 1.807) is 0 Å². The second kappa shape index (κ2) is 64.9. The third kappa shape index (κ3) is 62.5. The molecule has 484 valence electrons. The number of carbonyl (C=O) groups is 3. The highest BCUT2D eigenvalue weighted by atomic mass is 31.2. The maximum atomic E-state index is 13.0. The highest BCUT2D eigenvalue weighted by Crippen LogP contribution is 2.43. The number of allylic oxidation sites excluding steroid dienone is 4. The summed E-state index contributed by atoms with van der Waals surface area (Å²) in [7, 11) is -4.75. The summed E-state index contributed by atoms with van der Waals surface area (Å²) in [5.41, 5.74) is 0. The molecular formula is C70H133O11P. The van der Waals surface area contributed by atoms with Gasteiger partial charge >= 0.3 is 25.7 Å². The number of hydrogen-bond acceptors (Lipinski definition) is 10. The van der Waals surface area contributed by atoms with Crippen LogP contribution in [0.2, 0.25) is 0 Å². The predicted molar refractivity (Wildman–Crippen MR) is 344 cm³/mol. The van der Waals surface area contributed by atoms with Crippen molar-refractivity contribution in [2.24, 2.45) is 0 Å². The Hall–Kier alpha value is -2.04. The van der Waals surface area contributed by atoms with Gasteiger partial charge in [0.2, 0.25) is 0 Å². The largest absolute Gasteiger partial charge is 0.472 e. The lowest BCUT2D eigenvalue weighted by Crippen LogP contribution is -2.30. The molecule has 3 atom stereocenters. The molecule has 0 aromatic rings. The lowest BCUT2D eigenvalue weighted by molar-refractivity contribution is -0.161. The van der Waals surface area contributed by atoms with Crippen molar-refractivity contribution in [1.82, 2.24) is 0 Å². The van der Waals surface area contributed by atoms with Crippen molar-refractivity contribution in [3.63, 3.8) is 0 Å². The average molecular weight is 1180 g/mol. The fourth-order valence-corrected chi connectivity index (χ4v) is 11.3. The van der Waals surface area contributed by atoms with E-state index >= 15 is 0 Å². The van der Waals surface area contributed by atoms with Crippen molar-refractivity contribution in [2.45, 2.75) is 380 Å². The first-order chi connectivity index (χ1) is 40.2. The van der Waals surface area contributed by atoms with E-state index in [0.29, 0.717) is 19.3 Å². The van der Waals surface area contributed by atoms with Crippen molar-refractivity contribution in [3.8, 4) is 0 Å². The van der Waals surface area contributed by atoms with Crippen molar-refractivity contribution >= 4 is 25.7 Å². The van der Waals surface area contributed by atoms with Crippen molar-refractivity contribution in [2.75, 3.05) is 26.4 Å². The number of unbranched alkanes of at least 4 members (excludes halogenated alkanes) is 46. The van der Waals surface area contributed by atoms with Crippen molar-refractivity contribution in [3.05, 3.63) is 24.3 Å². The standard InChI is InChI=1S/C70H133O11P/c1-4-7-10-13-16-19-22-25-28-31-33-36-38-41-44-47-50-53-56-59-68(72)77-63-67(81-70(74)61-58-55-52-49-46-43-40-37-34-32-29-26-23-20-17-14-11-8-5-2)65-79-82(75,76)78-64-66(62-71)80-69(73)60-57-54-51-48-45-42-39-35-30-27-24-21-18-15-12-9-6-3/h25,27-28,30,66-67,71H,4-24,26,29,31-65H2,1-3H3,(H,75,76)/b28-25-,30-27-. The molecule has 0 heterocycles. The Bertz CT molecular complexity index is 1470. The molecule has 0 aliphatic rings. The number of aliphatic hydroxyl groups excluding tert-OH is 1. The van der Waals surface area contributed by atoms with Gasteiger partial charge in [-0.1, -0.05) is 302 Å². The van der Waals surface area contributed by atoms with Crippen LogP contribution in [0.3, 0.4) is 0 Å². The summed E-state index contributed by atoms with van der Waals surface area (Å²) >= 11 is 0. The summed E-state index contributed by atoms with van der Waals surface area (Å²) in [4.78, 5) is 48.9. The van der Waals surface area contributed by atoms with Gasteiger partial charge < -0.3 is 24.2 Å². The molecule has 0 saturated heterocycles. The number of phosphoric acid groups is 1. The Labute approximate surface area is 506 Å². The number of rotatable bonds is 67. The van der Waals surface area contributed by atoms with E-state index < -0.39 is 57.8 Å². The lowest BCUT2D eigenvalue weighted by atomic mass is 10.0. The third-order valence-electron chi connectivity index (χ3n) is 15.8.